The van der Waals surface area contributed by atoms with Gasteiger partial charge in [0.15, 0.2) is 11.6 Å². The molecule has 0 amide bonds. The molecule has 0 radical (unpaired) electrons. The summed E-state index contributed by atoms with van der Waals surface area (Å²) in [7, 11) is 0. The summed E-state index contributed by atoms with van der Waals surface area (Å²) in [5.41, 5.74) is 8.28. The third-order valence-electron chi connectivity index (χ3n) is 9.21. The van der Waals surface area contributed by atoms with Gasteiger partial charge in [0.1, 0.15) is 16.8 Å². The number of rotatable bonds is 5. The van der Waals surface area contributed by atoms with E-state index in [2.05, 4.69) is 114 Å². The van der Waals surface area contributed by atoms with Gasteiger partial charge in [0, 0.05) is 56.6 Å². The van der Waals surface area contributed by atoms with Gasteiger partial charge >= 0.3 is 0 Å². The van der Waals surface area contributed by atoms with Gasteiger partial charge in [-0.05, 0) is 41.9 Å². The topological polar surface area (TPSA) is 64.7 Å². The molecule has 0 spiro atoms. The molecule has 224 valence electrons. The first kappa shape index (κ1) is 27.4. The molecule has 0 saturated heterocycles. The predicted molar refractivity (Wildman–Crippen MR) is 189 cm³/mol. The number of nitrogens with zero attached hydrogens (tertiary/aromatic N) is 4. The van der Waals surface area contributed by atoms with Gasteiger partial charge in [-0.3, -0.25) is 4.98 Å². The zero-order valence-electron chi connectivity index (χ0n) is 25.7. The molecule has 1 unspecified atom stereocenters. The summed E-state index contributed by atoms with van der Waals surface area (Å²) >= 11 is 0. The van der Waals surface area contributed by atoms with Gasteiger partial charge in [-0.15, -0.1) is 0 Å². The lowest BCUT2D eigenvalue weighted by molar-refractivity contribution is 0.571. The van der Waals surface area contributed by atoms with E-state index >= 15 is 0 Å². The molecule has 4 aromatic carbocycles. The second-order valence-electron chi connectivity index (χ2n) is 12.1. The first-order chi connectivity index (χ1) is 23.3. The molecule has 2 aliphatic carbocycles. The summed E-state index contributed by atoms with van der Waals surface area (Å²) in [4.78, 5) is 19.7. The van der Waals surface area contributed by atoms with Gasteiger partial charge in [-0.25, -0.2) is 15.0 Å². The number of benzene rings is 4. The van der Waals surface area contributed by atoms with Crippen molar-refractivity contribution >= 4 is 33.4 Å². The zero-order chi connectivity index (χ0) is 31.2. The van der Waals surface area contributed by atoms with E-state index in [1.807, 2.05) is 30.6 Å². The fourth-order valence-corrected chi connectivity index (χ4v) is 6.87. The maximum atomic E-state index is 6.68. The van der Waals surface area contributed by atoms with Crippen LogP contribution in [0.5, 0.6) is 0 Å². The first-order valence-corrected chi connectivity index (χ1v) is 16.1. The highest BCUT2D eigenvalue weighted by Gasteiger charge is 2.22. The molecule has 0 bridgehead atoms. The van der Waals surface area contributed by atoms with Crippen molar-refractivity contribution in [3.8, 4) is 33.6 Å². The summed E-state index contributed by atoms with van der Waals surface area (Å²) in [6.45, 7) is 0. The van der Waals surface area contributed by atoms with Crippen LogP contribution in [0.2, 0.25) is 0 Å². The number of hydrogen-bond donors (Lipinski definition) is 0. The van der Waals surface area contributed by atoms with Crippen molar-refractivity contribution in [3.05, 3.63) is 156 Å². The number of para-hydroxylation sites is 1. The van der Waals surface area contributed by atoms with Crippen LogP contribution in [0.1, 0.15) is 36.8 Å². The Morgan fingerprint density at radius 2 is 1.43 bits per heavy atom. The Kier molecular flexibility index (Phi) is 6.67. The third kappa shape index (κ3) is 4.88. The van der Waals surface area contributed by atoms with Crippen molar-refractivity contribution in [2.45, 2.75) is 25.2 Å². The second-order valence-corrected chi connectivity index (χ2v) is 12.1. The van der Waals surface area contributed by atoms with Crippen molar-refractivity contribution in [2.75, 3.05) is 0 Å². The highest BCUT2D eigenvalue weighted by molar-refractivity contribution is 5.97. The van der Waals surface area contributed by atoms with E-state index in [0.29, 0.717) is 5.82 Å². The van der Waals surface area contributed by atoms with E-state index in [1.54, 1.807) is 0 Å². The SMILES string of the molecule is C1=CCC(c2nc(C3=c4c(oc5c(-c6ccc(-c7cncc8ccccc78)cc6)cccc45)=CCC3)nc(-c3ccccc3)n2)C=C1. The maximum Gasteiger partial charge on any atom is 0.163 e. The fraction of sp³-hybridized carbons (Fsp3) is 0.0952. The molecule has 0 fully saturated rings. The molecule has 2 aliphatic rings. The monoisotopic (exact) mass is 606 g/mol. The standard InChI is InChI=1S/C42H30N4O/c1-3-11-29(12-4-1)40-44-41(30-13-5-2-6-14-30)46-42(45-40)35-19-10-20-37-38(35)34-18-9-17-33(39(34)47-37)27-21-23-28(24-22-27)36-26-43-25-31-15-7-8-16-32(31)36/h1-9,11-13,15-18,20-26,30H,10,14,19H2. The summed E-state index contributed by atoms with van der Waals surface area (Å²) in [5, 5.41) is 4.50. The van der Waals surface area contributed by atoms with Crippen molar-refractivity contribution in [3.63, 3.8) is 0 Å². The molecule has 5 nitrogen and oxygen atoms in total. The molecule has 1 atom stereocenters. The van der Waals surface area contributed by atoms with Crippen molar-refractivity contribution in [1.29, 1.82) is 0 Å². The molecule has 0 saturated carbocycles. The second kappa shape index (κ2) is 11.5. The van der Waals surface area contributed by atoms with Crippen LogP contribution in [0, 0.1) is 0 Å². The van der Waals surface area contributed by atoms with Gasteiger partial charge < -0.3 is 4.42 Å². The highest BCUT2D eigenvalue weighted by atomic mass is 16.3. The quantitative estimate of drug-likeness (QED) is 0.197. The largest absolute Gasteiger partial charge is 0.456 e. The van der Waals surface area contributed by atoms with Crippen molar-refractivity contribution in [1.82, 2.24) is 19.9 Å². The molecule has 7 aromatic rings. The summed E-state index contributed by atoms with van der Waals surface area (Å²) < 4.78 is 6.68. The zero-order valence-corrected chi connectivity index (χ0v) is 25.7. The lowest BCUT2D eigenvalue weighted by Gasteiger charge is -2.15. The summed E-state index contributed by atoms with van der Waals surface area (Å²) in [6.07, 6.45) is 17.1. The molecule has 3 heterocycles. The van der Waals surface area contributed by atoms with E-state index in [9.17, 15) is 0 Å². The van der Waals surface area contributed by atoms with Gasteiger partial charge in [0.2, 0.25) is 0 Å². The molecule has 0 N–H and O–H groups in total. The Morgan fingerprint density at radius 1 is 0.638 bits per heavy atom. The Balaban J connectivity index is 1.19. The average Bonchev–Trinajstić information content (AvgIpc) is 3.55. The van der Waals surface area contributed by atoms with Crippen LogP contribution in [0.15, 0.2) is 138 Å². The van der Waals surface area contributed by atoms with Crippen LogP contribution in [-0.4, -0.2) is 19.9 Å². The molecule has 0 aliphatic heterocycles. The molecule has 5 heteroatoms. The van der Waals surface area contributed by atoms with E-state index in [1.165, 1.54) is 5.39 Å². The number of pyridine rings is 1. The molecular formula is C42H30N4O. The van der Waals surface area contributed by atoms with Crippen LogP contribution in [0.25, 0.3) is 67.0 Å². The number of hydrogen-bond acceptors (Lipinski definition) is 5. The van der Waals surface area contributed by atoms with Crippen LogP contribution in [0.3, 0.4) is 0 Å². The lowest BCUT2D eigenvalue weighted by atomic mass is 9.96. The molecule has 3 aromatic heterocycles. The van der Waals surface area contributed by atoms with Crippen LogP contribution in [-0.2, 0) is 0 Å². The Labute approximate surface area is 272 Å². The average molecular weight is 607 g/mol. The van der Waals surface area contributed by atoms with E-state index in [4.69, 9.17) is 19.4 Å². The van der Waals surface area contributed by atoms with Crippen LogP contribution < -0.4 is 10.6 Å². The van der Waals surface area contributed by atoms with Crippen molar-refractivity contribution < 1.29 is 4.42 Å². The van der Waals surface area contributed by atoms with Gasteiger partial charge in [0.05, 0.1) is 0 Å². The van der Waals surface area contributed by atoms with E-state index in [-0.39, 0.29) is 5.92 Å². The molecule has 9 rings (SSSR count). The lowest BCUT2D eigenvalue weighted by Crippen LogP contribution is -2.27. The highest BCUT2D eigenvalue weighted by Crippen LogP contribution is 2.33. The normalized spacial score (nSPS) is 15.6. The Morgan fingerprint density at radius 3 is 2.28 bits per heavy atom. The number of allylic oxidation sites excluding steroid dienone is 4. The van der Waals surface area contributed by atoms with Gasteiger partial charge in [0.25, 0.3) is 0 Å². The predicted octanol–water partition coefficient (Wildman–Crippen LogP) is 8.54. The smallest absolute Gasteiger partial charge is 0.163 e. The summed E-state index contributed by atoms with van der Waals surface area (Å²) in [6, 6.07) is 33.7. The molecule has 47 heavy (non-hydrogen) atoms. The third-order valence-corrected chi connectivity index (χ3v) is 9.21. The van der Waals surface area contributed by atoms with Crippen LogP contribution >= 0.6 is 0 Å². The van der Waals surface area contributed by atoms with Crippen molar-refractivity contribution in [2.24, 2.45) is 0 Å². The van der Waals surface area contributed by atoms with Crippen LogP contribution in [0.4, 0.5) is 0 Å². The Hall–Kier alpha value is -5.94. The first-order valence-electron chi connectivity index (χ1n) is 16.1. The maximum absolute atomic E-state index is 6.68. The van der Waals surface area contributed by atoms with E-state index < -0.39 is 0 Å². The van der Waals surface area contributed by atoms with E-state index in [0.717, 1.165) is 91.3 Å². The number of fused-ring (bicyclic) bond motifs is 4. The summed E-state index contributed by atoms with van der Waals surface area (Å²) in [5.74, 6) is 2.34. The Bertz CT molecular complexity index is 2490. The van der Waals surface area contributed by atoms with Gasteiger partial charge in [-0.1, -0.05) is 121 Å². The number of furan rings is 1. The number of aromatic nitrogens is 4. The minimum Gasteiger partial charge on any atom is -0.456 e. The van der Waals surface area contributed by atoms with Gasteiger partial charge in [-0.2, -0.15) is 0 Å². The fourth-order valence-electron chi connectivity index (χ4n) is 6.87. The molecular weight excluding hydrogens is 576 g/mol. The minimum atomic E-state index is 0.111. The minimum absolute atomic E-state index is 0.111.